The fraction of sp³-hybridized carbons (Fsp3) is 0.400. The molecule has 4 rings (SSSR count). The molecule has 0 aliphatic carbocycles. The molecule has 33 heavy (non-hydrogen) atoms. The maximum atomic E-state index is 15.4. The number of aliphatic hydroxyl groups is 1. The first-order chi connectivity index (χ1) is 15.6. The fourth-order valence-electron chi connectivity index (χ4n) is 4.82. The van der Waals surface area contributed by atoms with Crippen LogP contribution in [0.2, 0.25) is 0 Å². The fourth-order valence-corrected chi connectivity index (χ4v) is 4.82. The molecule has 1 atom stereocenters. The molecule has 1 aromatic heterocycles. The summed E-state index contributed by atoms with van der Waals surface area (Å²) in [5, 5.41) is 13.7. The van der Waals surface area contributed by atoms with Crippen molar-refractivity contribution in [2.45, 2.75) is 59.2 Å². The molecular weight excluding hydrogens is 423 g/mol. The molecule has 1 aliphatic rings. The third-order valence-corrected chi connectivity index (χ3v) is 6.59. The highest BCUT2D eigenvalue weighted by atomic mass is 19.1. The SMILES string of the molecule is CCn1c(CO)nn(-c2cc3c(cc2F)C(=O)[C@](C)(c2ccccc2C)CN3C(C)C)c1=O. The van der Waals surface area contributed by atoms with Crippen molar-refractivity contribution in [1.29, 1.82) is 0 Å². The number of fused-ring (bicyclic) bond motifs is 1. The zero-order chi connectivity index (χ0) is 24.1. The molecule has 174 valence electrons. The van der Waals surface area contributed by atoms with E-state index in [9.17, 15) is 14.7 Å². The summed E-state index contributed by atoms with van der Waals surface area (Å²) < 4.78 is 17.6. The Labute approximate surface area is 192 Å². The number of nitrogens with zero attached hydrogens (tertiary/aromatic N) is 4. The Kier molecular flexibility index (Phi) is 5.74. The van der Waals surface area contributed by atoms with Gasteiger partial charge in [0.05, 0.1) is 11.1 Å². The smallest absolute Gasteiger partial charge is 0.350 e. The summed E-state index contributed by atoms with van der Waals surface area (Å²) in [4.78, 5) is 28.6. The van der Waals surface area contributed by atoms with Gasteiger partial charge in [-0.2, -0.15) is 4.68 Å². The van der Waals surface area contributed by atoms with Crippen LogP contribution in [0.1, 0.15) is 55.0 Å². The quantitative estimate of drug-likeness (QED) is 0.642. The number of hydrogen-bond donors (Lipinski definition) is 1. The molecule has 1 aliphatic heterocycles. The van der Waals surface area contributed by atoms with Gasteiger partial charge >= 0.3 is 5.69 Å². The van der Waals surface area contributed by atoms with Gasteiger partial charge < -0.3 is 10.0 Å². The van der Waals surface area contributed by atoms with Gasteiger partial charge in [-0.05, 0) is 57.9 Å². The van der Waals surface area contributed by atoms with Crippen LogP contribution >= 0.6 is 0 Å². The molecule has 0 saturated carbocycles. The van der Waals surface area contributed by atoms with Crippen LogP contribution in [0.25, 0.3) is 5.69 Å². The number of aliphatic hydroxyl groups excluding tert-OH is 1. The van der Waals surface area contributed by atoms with Crippen LogP contribution in [0.3, 0.4) is 0 Å². The predicted octanol–water partition coefficient (Wildman–Crippen LogP) is 3.36. The highest BCUT2D eigenvalue weighted by Crippen LogP contribution is 2.42. The molecule has 2 heterocycles. The summed E-state index contributed by atoms with van der Waals surface area (Å²) in [6.07, 6.45) is 0. The molecule has 0 spiro atoms. The Morgan fingerprint density at radius 2 is 1.88 bits per heavy atom. The number of carbonyl (C=O) groups excluding carboxylic acids is 1. The molecule has 8 heteroatoms. The number of carbonyl (C=O) groups is 1. The summed E-state index contributed by atoms with van der Waals surface area (Å²) in [6.45, 7) is 9.95. The maximum Gasteiger partial charge on any atom is 0.350 e. The van der Waals surface area contributed by atoms with E-state index in [1.54, 1.807) is 6.92 Å². The van der Waals surface area contributed by atoms with Crippen molar-refractivity contribution in [3.63, 3.8) is 0 Å². The first kappa shape index (κ1) is 22.9. The third kappa shape index (κ3) is 3.49. The number of halogens is 1. The van der Waals surface area contributed by atoms with Gasteiger partial charge in [0.1, 0.15) is 18.1 Å². The number of hydrogen-bond acceptors (Lipinski definition) is 5. The number of benzene rings is 2. The van der Waals surface area contributed by atoms with Gasteiger partial charge in [0.2, 0.25) is 0 Å². The first-order valence-corrected chi connectivity index (χ1v) is 11.1. The summed E-state index contributed by atoms with van der Waals surface area (Å²) >= 11 is 0. The second-order valence-corrected chi connectivity index (χ2v) is 9.03. The molecule has 2 aromatic carbocycles. The van der Waals surface area contributed by atoms with Crippen molar-refractivity contribution in [3.8, 4) is 5.69 Å². The molecule has 0 fully saturated rings. The molecule has 0 amide bonds. The third-order valence-electron chi connectivity index (χ3n) is 6.59. The monoisotopic (exact) mass is 452 g/mol. The van der Waals surface area contributed by atoms with E-state index in [0.29, 0.717) is 18.8 Å². The minimum Gasteiger partial charge on any atom is -0.388 e. The lowest BCUT2D eigenvalue weighted by Crippen LogP contribution is -2.52. The molecule has 7 nitrogen and oxygen atoms in total. The summed E-state index contributed by atoms with van der Waals surface area (Å²) in [6, 6.07) is 10.5. The number of ketones is 1. The van der Waals surface area contributed by atoms with Gasteiger partial charge in [-0.15, -0.1) is 5.10 Å². The zero-order valence-corrected chi connectivity index (χ0v) is 19.6. The summed E-state index contributed by atoms with van der Waals surface area (Å²) in [7, 11) is 0. The Hall–Kier alpha value is -3.26. The van der Waals surface area contributed by atoms with Gasteiger partial charge in [-0.3, -0.25) is 9.36 Å². The molecular formula is C25H29FN4O3. The van der Waals surface area contributed by atoms with Gasteiger partial charge in [0.25, 0.3) is 0 Å². The zero-order valence-electron chi connectivity index (χ0n) is 19.6. The summed E-state index contributed by atoms with van der Waals surface area (Å²) in [5.41, 5.74) is 1.35. The lowest BCUT2D eigenvalue weighted by Gasteiger charge is -2.44. The number of Topliss-reactive ketones (excluding diaryl/α,β-unsaturated/α-hetero) is 1. The largest absolute Gasteiger partial charge is 0.388 e. The van der Waals surface area contributed by atoms with Gasteiger partial charge in [-0.25, -0.2) is 9.18 Å². The molecule has 0 bridgehead atoms. The van der Waals surface area contributed by atoms with Crippen molar-refractivity contribution in [1.82, 2.24) is 14.3 Å². The van der Waals surface area contributed by atoms with E-state index in [0.717, 1.165) is 15.8 Å². The lowest BCUT2D eigenvalue weighted by molar-refractivity contribution is 0.0889. The molecule has 0 radical (unpaired) electrons. The Morgan fingerprint density at radius 1 is 1.18 bits per heavy atom. The highest BCUT2D eigenvalue weighted by molar-refractivity contribution is 6.10. The Balaban J connectivity index is 1.93. The lowest BCUT2D eigenvalue weighted by atomic mass is 9.71. The van der Waals surface area contributed by atoms with Crippen LogP contribution in [0.4, 0.5) is 10.1 Å². The number of aryl methyl sites for hydroxylation is 1. The Morgan fingerprint density at radius 3 is 2.45 bits per heavy atom. The normalized spacial score (nSPS) is 18.2. The van der Waals surface area contributed by atoms with Crippen molar-refractivity contribution < 1.29 is 14.3 Å². The summed E-state index contributed by atoms with van der Waals surface area (Å²) in [5.74, 6) is -0.715. The first-order valence-electron chi connectivity index (χ1n) is 11.1. The van der Waals surface area contributed by atoms with E-state index in [1.165, 1.54) is 16.7 Å². The second-order valence-electron chi connectivity index (χ2n) is 9.03. The van der Waals surface area contributed by atoms with Crippen molar-refractivity contribution in [3.05, 3.63) is 75.2 Å². The number of aromatic nitrogens is 3. The van der Waals surface area contributed by atoms with E-state index >= 15 is 4.39 Å². The number of rotatable bonds is 5. The van der Waals surface area contributed by atoms with E-state index in [-0.39, 0.29) is 28.9 Å². The van der Waals surface area contributed by atoms with Crippen LogP contribution in [0.5, 0.6) is 0 Å². The minimum atomic E-state index is -0.846. The van der Waals surface area contributed by atoms with E-state index in [2.05, 4.69) is 10.00 Å². The van der Waals surface area contributed by atoms with Gasteiger partial charge in [0, 0.05) is 24.7 Å². The van der Waals surface area contributed by atoms with E-state index in [1.807, 2.05) is 52.0 Å². The van der Waals surface area contributed by atoms with Crippen LogP contribution in [-0.2, 0) is 18.6 Å². The van der Waals surface area contributed by atoms with Crippen LogP contribution in [-0.4, -0.2) is 37.8 Å². The van der Waals surface area contributed by atoms with E-state index < -0.39 is 23.5 Å². The average molecular weight is 453 g/mol. The number of anilines is 1. The van der Waals surface area contributed by atoms with Crippen molar-refractivity contribution >= 4 is 11.5 Å². The van der Waals surface area contributed by atoms with Gasteiger partial charge in [0.15, 0.2) is 11.6 Å². The van der Waals surface area contributed by atoms with Crippen LogP contribution < -0.4 is 10.6 Å². The van der Waals surface area contributed by atoms with Crippen molar-refractivity contribution in [2.24, 2.45) is 0 Å². The molecule has 3 aromatic rings. The van der Waals surface area contributed by atoms with Crippen LogP contribution in [0, 0.1) is 12.7 Å². The molecule has 0 unspecified atom stereocenters. The second kappa shape index (κ2) is 8.26. The molecule has 0 saturated heterocycles. The maximum absolute atomic E-state index is 15.4. The van der Waals surface area contributed by atoms with Crippen LogP contribution in [0.15, 0.2) is 41.2 Å². The van der Waals surface area contributed by atoms with E-state index in [4.69, 9.17) is 0 Å². The standard InChI is InChI=1S/C25H29FN4O3/c1-6-28-22(13-31)27-30(24(28)33)21-12-20-17(11-19(21)26)23(32)25(5,14-29(20)15(2)3)18-10-8-7-9-16(18)4/h7-12,15,31H,6,13-14H2,1-5H3/t25-/m0/s1. The Bertz CT molecular complexity index is 1290. The minimum absolute atomic E-state index is 0.0245. The topological polar surface area (TPSA) is 80.4 Å². The molecule has 1 N–H and O–H groups in total. The van der Waals surface area contributed by atoms with Gasteiger partial charge in [-0.1, -0.05) is 24.3 Å². The average Bonchev–Trinajstić information content (AvgIpc) is 3.11. The van der Waals surface area contributed by atoms with Crippen molar-refractivity contribution in [2.75, 3.05) is 11.4 Å². The predicted molar refractivity (Wildman–Crippen MR) is 125 cm³/mol. The highest BCUT2D eigenvalue weighted by Gasteiger charge is 2.45.